The van der Waals surface area contributed by atoms with Crippen LogP contribution in [-0.2, 0) is 6.54 Å². The first-order valence-electron chi connectivity index (χ1n) is 10.4. The Kier molecular flexibility index (Phi) is 6.92. The molecule has 1 aromatic heterocycles. The van der Waals surface area contributed by atoms with Crippen LogP contribution < -0.4 is 19.5 Å². The zero-order chi connectivity index (χ0) is 23.4. The second-order valence-corrected chi connectivity index (χ2v) is 9.08. The summed E-state index contributed by atoms with van der Waals surface area (Å²) in [5, 5.41) is 0.628. The average molecular weight is 476 g/mol. The number of aromatic nitrogens is 1. The maximum Gasteiger partial charge on any atom is 0.269 e. The quantitative estimate of drug-likeness (QED) is 0.388. The first-order valence-corrected chi connectivity index (χ1v) is 11.6. The molecule has 166 valence electrons. The Bertz CT molecular complexity index is 1470. The Labute approximate surface area is 200 Å². The van der Waals surface area contributed by atoms with Gasteiger partial charge in [0.15, 0.2) is 5.78 Å². The number of aryl methyl sites for hydroxylation is 1. The van der Waals surface area contributed by atoms with Gasteiger partial charge in [-0.15, -0.1) is 11.3 Å². The lowest BCUT2D eigenvalue weighted by Crippen LogP contribution is -2.32. The number of halogens is 1. The predicted octanol–water partition coefficient (Wildman–Crippen LogP) is 4.42. The summed E-state index contributed by atoms with van der Waals surface area (Å²) in [5.41, 5.74) is 3.30. The van der Waals surface area contributed by atoms with E-state index in [-0.39, 0.29) is 11.3 Å². The Morgan fingerprint density at radius 3 is 2.42 bits per heavy atom. The van der Waals surface area contributed by atoms with Crippen LogP contribution in [0.5, 0.6) is 5.75 Å². The normalized spacial score (nSPS) is 12.2. The van der Waals surface area contributed by atoms with E-state index < -0.39 is 0 Å². The smallest absolute Gasteiger partial charge is 0.269 e. The number of thiazole rings is 1. The lowest BCUT2D eigenvalue weighted by Gasteiger charge is -2.05. The molecule has 0 aliphatic carbocycles. The molecular weight excluding hydrogens is 454 g/mol. The SMILES string of the molecule is COc1ccccc1C(=O)/C=c1\s/c(=C\c2ccc(C)cc2)c(=O)n1Cc1ccc(Cl)cc1. The number of nitrogens with zero attached hydrogens (tertiary/aromatic N) is 1. The first kappa shape index (κ1) is 22.8. The van der Waals surface area contributed by atoms with Gasteiger partial charge in [-0.2, -0.15) is 0 Å². The van der Waals surface area contributed by atoms with Crippen molar-refractivity contribution >= 4 is 40.9 Å². The van der Waals surface area contributed by atoms with E-state index in [0.717, 1.165) is 16.7 Å². The van der Waals surface area contributed by atoms with Crippen LogP contribution in [0.3, 0.4) is 0 Å². The van der Waals surface area contributed by atoms with Crippen molar-refractivity contribution in [2.45, 2.75) is 13.5 Å². The molecule has 0 N–H and O–H groups in total. The molecule has 0 atom stereocenters. The Morgan fingerprint density at radius 1 is 1.03 bits per heavy atom. The van der Waals surface area contributed by atoms with Crippen molar-refractivity contribution < 1.29 is 9.53 Å². The summed E-state index contributed by atoms with van der Waals surface area (Å²) in [6.45, 7) is 2.35. The number of hydrogen-bond donors (Lipinski definition) is 0. The highest BCUT2D eigenvalue weighted by molar-refractivity contribution is 7.07. The molecule has 0 radical (unpaired) electrons. The molecule has 0 aliphatic heterocycles. The van der Waals surface area contributed by atoms with E-state index in [2.05, 4.69) is 0 Å². The third-order valence-corrected chi connectivity index (χ3v) is 6.50. The van der Waals surface area contributed by atoms with Crippen molar-refractivity contribution in [2.75, 3.05) is 7.11 Å². The molecule has 4 aromatic rings. The topological polar surface area (TPSA) is 48.3 Å². The van der Waals surface area contributed by atoms with E-state index in [1.807, 2.05) is 55.5 Å². The fourth-order valence-corrected chi connectivity index (χ4v) is 4.58. The van der Waals surface area contributed by atoms with Crippen LogP contribution >= 0.6 is 22.9 Å². The molecule has 33 heavy (non-hydrogen) atoms. The van der Waals surface area contributed by atoms with Crippen LogP contribution in [0.15, 0.2) is 77.6 Å². The number of benzene rings is 3. The molecule has 4 rings (SSSR count). The molecule has 3 aromatic carbocycles. The number of methoxy groups -OCH3 is 1. The van der Waals surface area contributed by atoms with Gasteiger partial charge in [0.25, 0.3) is 5.56 Å². The van der Waals surface area contributed by atoms with E-state index in [9.17, 15) is 9.59 Å². The number of ketones is 1. The van der Waals surface area contributed by atoms with E-state index in [1.54, 1.807) is 34.9 Å². The van der Waals surface area contributed by atoms with Gasteiger partial charge in [0.1, 0.15) is 10.4 Å². The van der Waals surface area contributed by atoms with E-state index in [0.29, 0.717) is 32.1 Å². The third kappa shape index (κ3) is 5.33. The summed E-state index contributed by atoms with van der Waals surface area (Å²) >= 11 is 7.31. The average Bonchev–Trinajstić information content (AvgIpc) is 3.10. The number of carbonyl (C=O) groups is 1. The van der Waals surface area contributed by atoms with Crippen LogP contribution in [-0.4, -0.2) is 17.5 Å². The largest absolute Gasteiger partial charge is 0.496 e. The number of ether oxygens (including phenoxy) is 1. The highest BCUT2D eigenvalue weighted by atomic mass is 35.5. The molecule has 0 unspecified atom stereocenters. The Hall–Kier alpha value is -3.41. The minimum atomic E-state index is -0.222. The summed E-state index contributed by atoms with van der Waals surface area (Å²) < 4.78 is 8.10. The van der Waals surface area contributed by atoms with E-state index in [1.165, 1.54) is 24.5 Å². The van der Waals surface area contributed by atoms with Crippen LogP contribution in [0.4, 0.5) is 0 Å². The van der Waals surface area contributed by atoms with Crippen LogP contribution in [0.2, 0.25) is 5.02 Å². The molecule has 4 nitrogen and oxygen atoms in total. The van der Waals surface area contributed by atoms with Gasteiger partial charge < -0.3 is 4.74 Å². The Balaban J connectivity index is 1.86. The summed E-state index contributed by atoms with van der Waals surface area (Å²) in [7, 11) is 1.53. The zero-order valence-corrected chi connectivity index (χ0v) is 19.8. The maximum absolute atomic E-state index is 13.3. The molecule has 0 spiro atoms. The molecular formula is C27H22ClNO3S. The van der Waals surface area contributed by atoms with Crippen molar-refractivity contribution in [3.8, 4) is 5.75 Å². The first-order chi connectivity index (χ1) is 15.9. The summed E-state index contributed by atoms with van der Waals surface area (Å²) in [5.74, 6) is 0.272. The summed E-state index contributed by atoms with van der Waals surface area (Å²) in [6.07, 6.45) is 3.36. The van der Waals surface area contributed by atoms with Gasteiger partial charge in [0.2, 0.25) is 0 Å². The number of carbonyl (C=O) groups excluding carboxylic acids is 1. The number of Topliss-reactive ketones (excluding diaryl/α,β-unsaturated/α-hetero) is 1. The van der Waals surface area contributed by atoms with Crippen molar-refractivity contribution in [1.29, 1.82) is 0 Å². The molecule has 1 heterocycles. The number of rotatable bonds is 6. The van der Waals surface area contributed by atoms with Crippen LogP contribution in [0, 0.1) is 6.92 Å². The maximum atomic E-state index is 13.3. The summed E-state index contributed by atoms with van der Waals surface area (Å²) in [6, 6.07) is 22.3. The van der Waals surface area contributed by atoms with Gasteiger partial charge in [-0.3, -0.25) is 14.2 Å². The highest BCUT2D eigenvalue weighted by Gasteiger charge is 2.12. The van der Waals surface area contributed by atoms with Gasteiger partial charge >= 0.3 is 0 Å². The minimum Gasteiger partial charge on any atom is -0.496 e. The molecule has 0 amide bonds. The van der Waals surface area contributed by atoms with Crippen molar-refractivity contribution in [1.82, 2.24) is 4.57 Å². The molecule has 0 saturated heterocycles. The lowest BCUT2D eigenvalue weighted by atomic mass is 10.1. The van der Waals surface area contributed by atoms with Gasteiger partial charge in [-0.25, -0.2) is 0 Å². The minimum absolute atomic E-state index is 0.144. The highest BCUT2D eigenvalue weighted by Crippen LogP contribution is 2.18. The molecule has 6 heteroatoms. The molecule has 0 aliphatic rings. The predicted molar refractivity (Wildman–Crippen MR) is 135 cm³/mol. The van der Waals surface area contributed by atoms with Crippen molar-refractivity contribution in [2.24, 2.45) is 0 Å². The van der Waals surface area contributed by atoms with Gasteiger partial charge in [0.05, 0.1) is 23.8 Å². The van der Waals surface area contributed by atoms with E-state index >= 15 is 0 Å². The number of hydrogen-bond acceptors (Lipinski definition) is 4. The second kappa shape index (κ2) is 10.0. The molecule has 0 fully saturated rings. The van der Waals surface area contributed by atoms with Crippen molar-refractivity contribution in [3.63, 3.8) is 0 Å². The van der Waals surface area contributed by atoms with E-state index in [4.69, 9.17) is 16.3 Å². The van der Waals surface area contributed by atoms with Gasteiger partial charge in [0, 0.05) is 11.1 Å². The molecule has 0 bridgehead atoms. The van der Waals surface area contributed by atoms with Gasteiger partial charge in [-0.1, -0.05) is 65.7 Å². The standard InChI is InChI=1S/C27H22ClNO3S/c1-18-7-9-19(10-8-18)15-25-27(31)29(17-20-11-13-21(28)14-12-20)26(33-25)16-23(30)22-5-3-4-6-24(22)32-2/h3-16H,17H2,1-2H3/b25-15-,26-16-. The van der Waals surface area contributed by atoms with Crippen molar-refractivity contribution in [3.05, 3.63) is 120 Å². The van der Waals surface area contributed by atoms with Crippen LogP contribution in [0.25, 0.3) is 12.2 Å². The number of para-hydroxylation sites is 1. The van der Waals surface area contributed by atoms with Gasteiger partial charge in [-0.05, 0) is 48.4 Å². The molecule has 0 saturated carbocycles. The van der Waals surface area contributed by atoms with Crippen LogP contribution in [0.1, 0.15) is 27.0 Å². The third-order valence-electron chi connectivity index (χ3n) is 5.19. The second-order valence-electron chi connectivity index (χ2n) is 7.59. The summed E-state index contributed by atoms with van der Waals surface area (Å²) in [4.78, 5) is 26.4. The zero-order valence-electron chi connectivity index (χ0n) is 18.2. The monoisotopic (exact) mass is 475 g/mol. The fraction of sp³-hybridized carbons (Fsp3) is 0.111. The lowest BCUT2D eigenvalue weighted by molar-refractivity contribution is 0.105. The Morgan fingerprint density at radius 2 is 1.73 bits per heavy atom. The fourth-order valence-electron chi connectivity index (χ4n) is 3.42.